The second-order valence-corrected chi connectivity index (χ2v) is 25.7. The van der Waals surface area contributed by atoms with E-state index in [1.807, 2.05) is 6.08 Å². The Balaban J connectivity index is 1.39. The van der Waals surface area contributed by atoms with Gasteiger partial charge in [-0.25, -0.2) is 0 Å². The lowest BCUT2D eigenvalue weighted by Gasteiger charge is -2.48. The predicted octanol–water partition coefficient (Wildman–Crippen LogP) is 10.3. The lowest BCUT2D eigenvalue weighted by Crippen LogP contribution is -2.66. The average molecular weight is 1320 g/mol. The Kier molecular flexibility index (Phi) is 49.7. The van der Waals surface area contributed by atoms with Crippen molar-refractivity contribution in [3.63, 3.8) is 0 Å². The van der Waals surface area contributed by atoms with E-state index in [0.29, 0.717) is 12.8 Å². The van der Waals surface area contributed by atoms with E-state index < -0.39 is 124 Å². The number of nitrogens with one attached hydrogen (secondary N) is 1. The lowest BCUT2D eigenvalue weighted by atomic mass is 9.96. The van der Waals surface area contributed by atoms with E-state index in [9.17, 15) is 61.0 Å². The second-order valence-electron chi connectivity index (χ2n) is 25.7. The molecule has 0 bridgehead atoms. The number of hydrogen-bond donors (Lipinski definition) is 12. The maximum absolute atomic E-state index is 13.4. The van der Waals surface area contributed by atoms with Crippen molar-refractivity contribution >= 4 is 5.91 Å². The van der Waals surface area contributed by atoms with E-state index in [2.05, 4.69) is 92.1 Å². The van der Waals surface area contributed by atoms with Gasteiger partial charge in [0.05, 0.1) is 38.6 Å². The lowest BCUT2D eigenvalue weighted by molar-refractivity contribution is -0.379. The summed E-state index contributed by atoms with van der Waals surface area (Å²) in [5.74, 6) is -0.287. The molecule has 19 nitrogen and oxygen atoms in total. The number of allylic oxidation sites excluding steroid dienone is 13. The molecule has 93 heavy (non-hydrogen) atoms. The molecule has 3 heterocycles. The van der Waals surface area contributed by atoms with Crippen molar-refractivity contribution in [2.45, 2.75) is 349 Å². The molecule has 19 heteroatoms. The van der Waals surface area contributed by atoms with E-state index in [1.54, 1.807) is 6.08 Å². The van der Waals surface area contributed by atoms with Gasteiger partial charge in [-0.2, -0.15) is 0 Å². The number of aliphatic hydroxyl groups is 11. The normalized spacial score (nSPS) is 28.0. The minimum absolute atomic E-state index is 0.232. The van der Waals surface area contributed by atoms with Crippen molar-refractivity contribution < 1.29 is 89.4 Å². The van der Waals surface area contributed by atoms with Gasteiger partial charge < -0.3 is 89.9 Å². The largest absolute Gasteiger partial charge is 0.394 e. The van der Waals surface area contributed by atoms with E-state index in [-0.39, 0.29) is 18.9 Å². The molecule has 3 fully saturated rings. The minimum Gasteiger partial charge on any atom is -0.394 e. The van der Waals surface area contributed by atoms with Crippen LogP contribution in [-0.4, -0.2) is 193 Å². The SMILES string of the molecule is CC/C=C\C/C=C\C/C=C\C/C=C\C/C=C\CCCCCCCCCCCCCCCCCC(=O)NC(COC1OC(CO)C(OC2OC(CO)C(OC3OC(CO)C(O)C(O)C3O)C(O)C2O)C(O)C1O)C(O)/C=C/CC/C=C/CCCCCCCCCCCCC. The molecule has 17 atom stereocenters. The molecule has 0 aromatic rings. The van der Waals surface area contributed by atoms with Crippen LogP contribution in [0.5, 0.6) is 0 Å². The number of amides is 1. The van der Waals surface area contributed by atoms with Crippen LogP contribution >= 0.6 is 0 Å². The van der Waals surface area contributed by atoms with Crippen LogP contribution in [0.4, 0.5) is 0 Å². The molecule has 0 saturated carbocycles. The highest BCUT2D eigenvalue weighted by Gasteiger charge is 2.53. The fourth-order valence-electron chi connectivity index (χ4n) is 11.8. The molecule has 0 aliphatic carbocycles. The topological polar surface area (TPSA) is 307 Å². The quantitative estimate of drug-likeness (QED) is 0.0199. The standard InChI is InChI=1S/C74H129NO18/c1-3-5-7-9-11-13-15-17-19-21-22-23-24-25-26-27-28-29-30-31-32-33-34-36-38-40-42-44-46-48-50-52-62(80)75-57(58(79)51-49-47-45-43-41-39-37-35-20-18-16-14-12-10-8-6-4-2)56-88-72-68(86)65(83)70(60(54-77)90-72)93-74-69(87)66(84)71(61(55-78)91-74)92-73-67(85)64(82)63(81)59(53-76)89-73/h5,7,11,13,17,19,22-23,25-26,41,43,49,51,57-61,63-74,76-79,81-87H,3-4,6,8-10,12,14-16,18,20-21,24,27-40,42,44-48,50,52-56H2,1-2H3,(H,75,80)/b7-5-,13-11-,19-17-,23-22-,26-25-,43-41+,51-49+. The molecule has 0 radical (unpaired) electrons. The number of hydrogen-bond acceptors (Lipinski definition) is 18. The van der Waals surface area contributed by atoms with Gasteiger partial charge >= 0.3 is 0 Å². The Labute approximate surface area is 559 Å². The number of unbranched alkanes of at least 4 members (excludes halogenated alkanes) is 27. The molecule has 0 aromatic carbocycles. The predicted molar refractivity (Wildman–Crippen MR) is 364 cm³/mol. The first-order valence-electron chi connectivity index (χ1n) is 36.3. The number of carbonyl (C=O) groups excluding carboxylic acids is 1. The number of aliphatic hydroxyl groups excluding tert-OH is 11. The zero-order valence-corrected chi connectivity index (χ0v) is 57.0. The van der Waals surface area contributed by atoms with Crippen LogP contribution in [0.25, 0.3) is 0 Å². The molecule has 17 unspecified atom stereocenters. The smallest absolute Gasteiger partial charge is 0.220 e. The van der Waals surface area contributed by atoms with E-state index in [1.165, 1.54) is 141 Å². The Morgan fingerprint density at radius 2 is 0.753 bits per heavy atom. The zero-order valence-electron chi connectivity index (χ0n) is 57.0. The van der Waals surface area contributed by atoms with Gasteiger partial charge in [-0.1, -0.05) is 247 Å². The molecule has 3 saturated heterocycles. The van der Waals surface area contributed by atoms with Gasteiger partial charge in [-0.15, -0.1) is 0 Å². The molecule has 0 aromatic heterocycles. The van der Waals surface area contributed by atoms with Gasteiger partial charge in [-0.05, 0) is 77.0 Å². The van der Waals surface area contributed by atoms with Crippen LogP contribution in [0.1, 0.15) is 245 Å². The third-order valence-electron chi connectivity index (χ3n) is 17.7. The van der Waals surface area contributed by atoms with Gasteiger partial charge in [0.25, 0.3) is 0 Å². The van der Waals surface area contributed by atoms with Gasteiger partial charge in [0.1, 0.15) is 73.2 Å². The first-order valence-corrected chi connectivity index (χ1v) is 36.3. The Morgan fingerprint density at radius 1 is 0.398 bits per heavy atom. The number of rotatable bonds is 55. The van der Waals surface area contributed by atoms with Crippen LogP contribution in [0.3, 0.4) is 0 Å². The molecular weight excluding hydrogens is 1190 g/mol. The monoisotopic (exact) mass is 1320 g/mol. The minimum atomic E-state index is -1.98. The van der Waals surface area contributed by atoms with Crippen LogP contribution < -0.4 is 5.32 Å². The Bertz CT molecular complexity index is 2010. The van der Waals surface area contributed by atoms with E-state index >= 15 is 0 Å². The van der Waals surface area contributed by atoms with E-state index in [0.717, 1.165) is 70.6 Å². The summed E-state index contributed by atoms with van der Waals surface area (Å²) in [5.41, 5.74) is 0. The number of carbonyl (C=O) groups is 1. The van der Waals surface area contributed by atoms with Gasteiger partial charge in [0.2, 0.25) is 5.91 Å². The summed E-state index contributed by atoms with van der Waals surface area (Å²) in [4.78, 5) is 13.4. The van der Waals surface area contributed by atoms with Crippen molar-refractivity contribution in [2.24, 2.45) is 0 Å². The highest BCUT2D eigenvalue weighted by Crippen LogP contribution is 2.33. The summed E-state index contributed by atoms with van der Waals surface area (Å²) in [6.45, 7) is 1.60. The van der Waals surface area contributed by atoms with E-state index in [4.69, 9.17) is 28.4 Å². The van der Waals surface area contributed by atoms with Crippen LogP contribution in [0.2, 0.25) is 0 Å². The molecule has 12 N–H and O–H groups in total. The maximum atomic E-state index is 13.4. The van der Waals surface area contributed by atoms with Gasteiger partial charge in [0, 0.05) is 6.42 Å². The first-order chi connectivity index (χ1) is 45.3. The molecule has 538 valence electrons. The fraction of sp³-hybridized carbons (Fsp3) is 0.797. The van der Waals surface area contributed by atoms with Crippen LogP contribution in [0.15, 0.2) is 85.1 Å². The third-order valence-corrected chi connectivity index (χ3v) is 17.7. The highest BCUT2D eigenvalue weighted by molar-refractivity contribution is 5.76. The number of ether oxygens (including phenoxy) is 6. The Morgan fingerprint density at radius 3 is 1.20 bits per heavy atom. The van der Waals surface area contributed by atoms with Crippen molar-refractivity contribution in [1.29, 1.82) is 0 Å². The first kappa shape index (κ1) is 84.2. The molecule has 0 spiro atoms. The van der Waals surface area contributed by atoms with Crippen molar-refractivity contribution in [2.75, 3.05) is 26.4 Å². The molecular formula is C74H129NO18. The highest BCUT2D eigenvalue weighted by atomic mass is 16.8. The van der Waals surface area contributed by atoms with Crippen molar-refractivity contribution in [1.82, 2.24) is 5.32 Å². The second kappa shape index (κ2) is 54.9. The summed E-state index contributed by atoms with van der Waals surface area (Å²) in [6, 6.07) is -0.994. The molecule has 3 rings (SSSR count). The molecule has 3 aliphatic heterocycles. The summed E-state index contributed by atoms with van der Waals surface area (Å²) in [5, 5.41) is 121. The fourth-order valence-corrected chi connectivity index (χ4v) is 11.8. The summed E-state index contributed by atoms with van der Waals surface area (Å²) in [7, 11) is 0. The molecule has 1 amide bonds. The summed E-state index contributed by atoms with van der Waals surface area (Å²) >= 11 is 0. The summed E-state index contributed by atoms with van der Waals surface area (Å²) < 4.78 is 34.3. The van der Waals surface area contributed by atoms with Crippen LogP contribution in [0, 0.1) is 0 Å². The van der Waals surface area contributed by atoms with Crippen LogP contribution in [-0.2, 0) is 33.2 Å². The average Bonchev–Trinajstić information content (AvgIpc) is 0.900. The van der Waals surface area contributed by atoms with Crippen molar-refractivity contribution in [3.05, 3.63) is 85.1 Å². The Hall–Kier alpha value is -3.03. The third kappa shape index (κ3) is 36.4. The zero-order chi connectivity index (χ0) is 67.5. The molecule has 3 aliphatic rings. The van der Waals surface area contributed by atoms with Gasteiger partial charge in [-0.3, -0.25) is 4.79 Å². The van der Waals surface area contributed by atoms with Crippen molar-refractivity contribution in [3.8, 4) is 0 Å². The summed E-state index contributed by atoms with van der Waals surface area (Å²) in [6.07, 6.45) is 44.2. The maximum Gasteiger partial charge on any atom is 0.220 e. The van der Waals surface area contributed by atoms with Gasteiger partial charge in [0.15, 0.2) is 18.9 Å².